The summed E-state index contributed by atoms with van der Waals surface area (Å²) < 4.78 is 44.1. The largest absolute Gasteiger partial charge is 0.416 e. The lowest BCUT2D eigenvalue weighted by molar-refractivity contribution is -0.137. The molecule has 1 fully saturated rings. The minimum absolute atomic E-state index is 0.160. The average molecular weight is 478 g/mol. The summed E-state index contributed by atoms with van der Waals surface area (Å²) in [5, 5.41) is 10.0. The van der Waals surface area contributed by atoms with E-state index < -0.39 is 23.2 Å². The molecular weight excluding hydrogens is 443 g/mol. The zero-order valence-corrected chi connectivity index (χ0v) is 20.7. The van der Waals surface area contributed by atoms with Gasteiger partial charge in [-0.3, -0.25) is 14.2 Å². The quantitative estimate of drug-likeness (QED) is 0.621. The summed E-state index contributed by atoms with van der Waals surface area (Å²) in [6.45, 7) is 9.98. The van der Waals surface area contributed by atoms with Crippen LogP contribution in [0, 0.1) is 5.92 Å². The van der Waals surface area contributed by atoms with Crippen LogP contribution in [0.1, 0.15) is 81.1 Å². The van der Waals surface area contributed by atoms with Gasteiger partial charge in [-0.05, 0) is 50.3 Å². The lowest BCUT2D eigenvalue weighted by Crippen LogP contribution is -2.30. The van der Waals surface area contributed by atoms with Gasteiger partial charge in [-0.1, -0.05) is 45.4 Å². The Hall–Kier alpha value is -2.61. The first-order chi connectivity index (χ1) is 15.6. The maximum Gasteiger partial charge on any atom is 0.416 e. The van der Waals surface area contributed by atoms with E-state index in [4.69, 9.17) is 0 Å². The van der Waals surface area contributed by atoms with Crippen molar-refractivity contribution in [3.8, 4) is 0 Å². The average Bonchev–Trinajstić information content (AvgIpc) is 2.97. The number of halogens is 3. The summed E-state index contributed by atoms with van der Waals surface area (Å²) in [5.74, 6) is -0.260. The van der Waals surface area contributed by atoms with Gasteiger partial charge in [0.25, 0.3) is 5.91 Å². The van der Waals surface area contributed by atoms with Gasteiger partial charge >= 0.3 is 6.18 Å². The molecule has 3 rings (SSSR count). The summed E-state index contributed by atoms with van der Waals surface area (Å²) in [4.78, 5) is 17.6. The third kappa shape index (κ3) is 6.09. The van der Waals surface area contributed by atoms with E-state index in [1.807, 2.05) is 22.5 Å². The number of carbonyl (C=O) groups is 1. The van der Waals surface area contributed by atoms with Crippen LogP contribution in [0.5, 0.6) is 0 Å². The minimum Gasteiger partial charge on any atom is -0.386 e. The highest BCUT2D eigenvalue weighted by Crippen LogP contribution is 2.32. The predicted molar refractivity (Wildman–Crippen MR) is 126 cm³/mol. The SMILES string of the molecule is Cn1c(C(C)(C)C)cc(=NC(=O)c2cc(C(F)(F)F)ccc2/C=C/C(C)(C)O)n1CC1CCC1. The van der Waals surface area contributed by atoms with Crippen molar-refractivity contribution in [2.75, 3.05) is 0 Å². The molecule has 0 spiro atoms. The van der Waals surface area contributed by atoms with Crippen LogP contribution in [-0.2, 0) is 25.2 Å². The fourth-order valence-corrected chi connectivity index (χ4v) is 4.02. The van der Waals surface area contributed by atoms with E-state index in [1.165, 1.54) is 24.6 Å². The lowest BCUT2D eigenvalue weighted by Gasteiger charge is -2.27. The molecule has 1 aromatic heterocycles. The van der Waals surface area contributed by atoms with Crippen molar-refractivity contribution in [3.05, 3.63) is 58.2 Å². The zero-order valence-electron chi connectivity index (χ0n) is 20.7. The third-order valence-corrected chi connectivity index (χ3v) is 6.16. The molecule has 1 amide bonds. The van der Waals surface area contributed by atoms with Crippen LogP contribution in [0.2, 0.25) is 0 Å². The molecule has 1 aliphatic rings. The number of rotatable bonds is 5. The molecule has 5 nitrogen and oxygen atoms in total. The molecule has 1 aromatic carbocycles. The molecule has 1 aliphatic carbocycles. The Morgan fingerprint density at radius 2 is 1.79 bits per heavy atom. The van der Waals surface area contributed by atoms with E-state index in [-0.39, 0.29) is 16.5 Å². The number of carbonyl (C=O) groups excluding carboxylic acids is 1. The van der Waals surface area contributed by atoms with Crippen molar-refractivity contribution in [2.45, 2.75) is 77.6 Å². The molecule has 0 radical (unpaired) electrons. The van der Waals surface area contributed by atoms with Crippen molar-refractivity contribution < 1.29 is 23.1 Å². The highest BCUT2D eigenvalue weighted by molar-refractivity contribution is 5.98. The maximum absolute atomic E-state index is 13.4. The molecule has 0 unspecified atom stereocenters. The van der Waals surface area contributed by atoms with Crippen molar-refractivity contribution >= 4 is 12.0 Å². The summed E-state index contributed by atoms with van der Waals surface area (Å²) in [6, 6.07) is 4.84. The van der Waals surface area contributed by atoms with E-state index in [1.54, 1.807) is 13.8 Å². The van der Waals surface area contributed by atoms with Crippen LogP contribution in [0.25, 0.3) is 6.08 Å². The molecule has 8 heteroatoms. The zero-order chi connectivity index (χ0) is 25.5. The Morgan fingerprint density at radius 3 is 2.29 bits per heavy atom. The number of hydrogen-bond acceptors (Lipinski definition) is 2. The molecule has 1 saturated carbocycles. The Labute approximate surface area is 198 Å². The van der Waals surface area contributed by atoms with Crippen LogP contribution in [0.15, 0.2) is 35.3 Å². The van der Waals surface area contributed by atoms with Crippen molar-refractivity contribution in [1.29, 1.82) is 0 Å². The van der Waals surface area contributed by atoms with Crippen LogP contribution in [0.3, 0.4) is 0 Å². The normalized spacial score (nSPS) is 16.4. The van der Waals surface area contributed by atoms with Gasteiger partial charge in [0, 0.05) is 36.3 Å². The summed E-state index contributed by atoms with van der Waals surface area (Å²) in [6.07, 6.45) is 1.68. The Balaban J connectivity index is 2.15. The lowest BCUT2D eigenvalue weighted by atomic mass is 9.85. The Morgan fingerprint density at radius 1 is 1.15 bits per heavy atom. The van der Waals surface area contributed by atoms with E-state index >= 15 is 0 Å². The first-order valence-electron chi connectivity index (χ1n) is 11.6. The number of hydrogen-bond donors (Lipinski definition) is 1. The van der Waals surface area contributed by atoms with Gasteiger partial charge in [-0.2, -0.15) is 18.2 Å². The standard InChI is InChI=1S/C26H34F3N3O2/c1-24(2,3)21-15-22(32(31(21)6)16-17-8-7-9-17)30-23(33)20-14-19(26(27,28)29)11-10-18(20)12-13-25(4,5)34/h10-15,17,34H,7-9,16H2,1-6H3/b13-12+,30-22?. The highest BCUT2D eigenvalue weighted by Gasteiger charge is 2.32. The molecule has 1 heterocycles. The van der Waals surface area contributed by atoms with Gasteiger partial charge < -0.3 is 5.11 Å². The second kappa shape index (κ2) is 9.21. The van der Waals surface area contributed by atoms with Crippen molar-refractivity contribution in [1.82, 2.24) is 9.36 Å². The van der Waals surface area contributed by atoms with Gasteiger partial charge in [0.2, 0.25) is 0 Å². The fraction of sp³-hybridized carbons (Fsp3) is 0.538. The molecule has 0 bridgehead atoms. The minimum atomic E-state index is -4.59. The van der Waals surface area contributed by atoms with Crippen LogP contribution >= 0.6 is 0 Å². The van der Waals surface area contributed by atoms with Gasteiger partial charge in [0.05, 0.1) is 11.2 Å². The second-order valence-electron chi connectivity index (χ2n) is 10.7. The molecule has 0 saturated heterocycles. The van der Waals surface area contributed by atoms with Crippen LogP contribution < -0.4 is 5.49 Å². The fourth-order valence-electron chi connectivity index (χ4n) is 4.02. The molecule has 0 atom stereocenters. The second-order valence-corrected chi connectivity index (χ2v) is 10.7. The number of nitrogens with zero attached hydrogens (tertiary/aromatic N) is 3. The first-order valence-corrected chi connectivity index (χ1v) is 11.6. The summed E-state index contributed by atoms with van der Waals surface area (Å²) in [7, 11) is 1.92. The summed E-state index contributed by atoms with van der Waals surface area (Å²) in [5.41, 5.74) is -0.800. The highest BCUT2D eigenvalue weighted by atomic mass is 19.4. The molecular formula is C26H34F3N3O2. The third-order valence-electron chi connectivity index (χ3n) is 6.16. The maximum atomic E-state index is 13.4. The van der Waals surface area contributed by atoms with E-state index in [2.05, 4.69) is 25.8 Å². The Kier molecular flexibility index (Phi) is 7.04. The topological polar surface area (TPSA) is 59.5 Å². The number of aliphatic hydroxyl groups is 1. The van der Waals surface area contributed by atoms with Gasteiger partial charge in [0.1, 0.15) is 0 Å². The van der Waals surface area contributed by atoms with Gasteiger partial charge in [0.15, 0.2) is 5.49 Å². The van der Waals surface area contributed by atoms with Crippen molar-refractivity contribution in [2.24, 2.45) is 18.0 Å². The van der Waals surface area contributed by atoms with Crippen LogP contribution in [-0.4, -0.2) is 26.0 Å². The Bertz CT molecular complexity index is 1150. The monoisotopic (exact) mass is 477 g/mol. The van der Waals surface area contributed by atoms with E-state index in [0.29, 0.717) is 18.0 Å². The predicted octanol–water partition coefficient (Wildman–Crippen LogP) is 5.47. The molecule has 0 aliphatic heterocycles. The molecule has 1 N–H and O–H groups in total. The molecule has 34 heavy (non-hydrogen) atoms. The van der Waals surface area contributed by atoms with Gasteiger partial charge in [-0.15, -0.1) is 0 Å². The van der Waals surface area contributed by atoms with Crippen LogP contribution in [0.4, 0.5) is 13.2 Å². The summed E-state index contributed by atoms with van der Waals surface area (Å²) >= 11 is 0. The smallest absolute Gasteiger partial charge is 0.386 e. The van der Waals surface area contributed by atoms with Gasteiger partial charge in [-0.25, -0.2) is 0 Å². The number of benzene rings is 1. The molecule has 186 valence electrons. The number of amides is 1. The first kappa shape index (κ1) is 26.0. The van der Waals surface area contributed by atoms with Crippen molar-refractivity contribution in [3.63, 3.8) is 0 Å². The molecule has 2 aromatic rings. The van der Waals surface area contributed by atoms with E-state index in [0.717, 1.165) is 30.7 Å². The number of aromatic nitrogens is 2. The van der Waals surface area contributed by atoms with E-state index in [9.17, 15) is 23.1 Å². The number of alkyl halides is 3.